The summed E-state index contributed by atoms with van der Waals surface area (Å²) >= 11 is 12.5. The first-order chi connectivity index (χ1) is 10.9. The summed E-state index contributed by atoms with van der Waals surface area (Å²) in [6, 6.07) is 6.27. The number of methoxy groups -OCH3 is 1. The van der Waals surface area contributed by atoms with Crippen LogP contribution in [0.15, 0.2) is 18.2 Å². The summed E-state index contributed by atoms with van der Waals surface area (Å²) in [5.74, 6) is 0.686. The molecule has 1 atom stereocenters. The highest BCUT2D eigenvalue weighted by atomic mass is 35.5. The fraction of sp³-hybridized carbons (Fsp3) is 0.700. The van der Waals surface area contributed by atoms with Crippen LogP contribution in [0.1, 0.15) is 71.3 Å². The predicted molar refractivity (Wildman–Crippen MR) is 101 cm³/mol. The molecule has 1 fully saturated rings. The molecule has 0 saturated heterocycles. The Labute approximate surface area is 151 Å². The first-order valence-electron chi connectivity index (χ1n) is 8.91. The van der Waals surface area contributed by atoms with E-state index in [-0.39, 0.29) is 11.0 Å². The number of halogens is 2. The van der Waals surface area contributed by atoms with Crippen molar-refractivity contribution in [3.8, 4) is 0 Å². The highest BCUT2D eigenvalue weighted by molar-refractivity contribution is 6.42. The van der Waals surface area contributed by atoms with Gasteiger partial charge in [0.1, 0.15) is 0 Å². The van der Waals surface area contributed by atoms with Gasteiger partial charge < -0.3 is 4.74 Å². The number of rotatable bonds is 6. The highest BCUT2D eigenvalue weighted by Gasteiger charge is 2.45. The van der Waals surface area contributed by atoms with Crippen LogP contribution >= 0.6 is 23.2 Å². The SMILES string of the molecule is CCC[C@H](CC)C1(c2ccc(Cl)c(Cl)c2)CCC(C)(OC)CC1. The lowest BCUT2D eigenvalue weighted by molar-refractivity contribution is -0.0488. The van der Waals surface area contributed by atoms with Crippen LogP contribution in [-0.2, 0) is 10.2 Å². The standard InChI is InChI=1S/C20H30Cl2O/c1-5-7-15(6-2)20(12-10-19(3,23-4)11-13-20)16-8-9-17(21)18(22)14-16/h8-9,14-15H,5-7,10-13H2,1-4H3/t15-,19?,20?/m0/s1. The zero-order valence-electron chi connectivity index (χ0n) is 14.9. The van der Waals surface area contributed by atoms with Crippen LogP contribution in [0.25, 0.3) is 0 Å². The molecule has 1 aliphatic rings. The molecule has 0 amide bonds. The molecule has 0 spiro atoms. The van der Waals surface area contributed by atoms with Gasteiger partial charge in [0, 0.05) is 7.11 Å². The molecule has 130 valence electrons. The number of hydrogen-bond donors (Lipinski definition) is 0. The van der Waals surface area contributed by atoms with Gasteiger partial charge in [-0.15, -0.1) is 0 Å². The zero-order chi connectivity index (χ0) is 17.1. The molecule has 3 heteroatoms. The van der Waals surface area contributed by atoms with Gasteiger partial charge in [0.25, 0.3) is 0 Å². The summed E-state index contributed by atoms with van der Waals surface area (Å²) in [5, 5.41) is 1.32. The molecular weight excluding hydrogens is 327 g/mol. The number of ether oxygens (including phenoxy) is 1. The van der Waals surface area contributed by atoms with Crippen LogP contribution in [0, 0.1) is 5.92 Å². The van der Waals surface area contributed by atoms with Gasteiger partial charge in [-0.05, 0) is 68.1 Å². The summed E-state index contributed by atoms with van der Waals surface area (Å²) in [5.41, 5.74) is 1.59. The molecule has 0 N–H and O–H groups in total. The molecule has 1 aliphatic carbocycles. The second-order valence-corrected chi connectivity index (χ2v) is 8.15. The largest absolute Gasteiger partial charge is 0.379 e. The normalized spacial score (nSPS) is 29.5. The average molecular weight is 357 g/mol. The van der Waals surface area contributed by atoms with Gasteiger partial charge in [-0.2, -0.15) is 0 Å². The quantitative estimate of drug-likeness (QED) is 0.531. The first kappa shape index (κ1) is 19.1. The van der Waals surface area contributed by atoms with E-state index in [1.165, 1.54) is 24.8 Å². The van der Waals surface area contributed by atoms with Gasteiger partial charge in [0.15, 0.2) is 0 Å². The van der Waals surface area contributed by atoms with E-state index in [0.717, 1.165) is 25.7 Å². The Balaban J connectivity index is 2.41. The Bertz CT molecular complexity index is 518. The molecule has 23 heavy (non-hydrogen) atoms. The van der Waals surface area contributed by atoms with E-state index in [2.05, 4.69) is 32.9 Å². The summed E-state index contributed by atoms with van der Waals surface area (Å²) in [4.78, 5) is 0. The Hall–Kier alpha value is -0.240. The maximum atomic E-state index is 6.35. The molecule has 1 nitrogen and oxygen atoms in total. The number of hydrogen-bond acceptors (Lipinski definition) is 1. The second kappa shape index (κ2) is 7.76. The molecule has 0 aromatic heterocycles. The third-order valence-electron chi connectivity index (χ3n) is 6.10. The minimum absolute atomic E-state index is 0.0181. The smallest absolute Gasteiger partial charge is 0.0651 e. The maximum Gasteiger partial charge on any atom is 0.0651 e. The summed E-state index contributed by atoms with van der Waals surface area (Å²) < 4.78 is 5.78. The van der Waals surface area contributed by atoms with Gasteiger partial charge in [0.05, 0.1) is 15.6 Å². The number of benzene rings is 1. The van der Waals surface area contributed by atoms with E-state index in [0.29, 0.717) is 16.0 Å². The van der Waals surface area contributed by atoms with Crippen LogP contribution in [0.2, 0.25) is 10.0 Å². The van der Waals surface area contributed by atoms with Gasteiger partial charge >= 0.3 is 0 Å². The maximum absolute atomic E-state index is 6.35. The van der Waals surface area contributed by atoms with Crippen molar-refractivity contribution in [3.05, 3.63) is 33.8 Å². The molecule has 1 aromatic rings. The van der Waals surface area contributed by atoms with E-state index >= 15 is 0 Å². The minimum atomic E-state index is 0.0181. The van der Waals surface area contributed by atoms with Gasteiger partial charge in [-0.1, -0.05) is 56.0 Å². The molecule has 0 unspecified atom stereocenters. The van der Waals surface area contributed by atoms with Crippen LogP contribution in [0.3, 0.4) is 0 Å². The van der Waals surface area contributed by atoms with Crippen LogP contribution in [0.4, 0.5) is 0 Å². The lowest BCUT2D eigenvalue weighted by Crippen LogP contribution is -2.45. The fourth-order valence-electron chi connectivity index (χ4n) is 4.39. The molecule has 1 saturated carbocycles. The van der Waals surface area contributed by atoms with Crippen LogP contribution in [0.5, 0.6) is 0 Å². The summed E-state index contributed by atoms with van der Waals surface area (Å²) in [7, 11) is 1.84. The van der Waals surface area contributed by atoms with Crippen LogP contribution < -0.4 is 0 Å². The average Bonchev–Trinajstić information content (AvgIpc) is 2.56. The second-order valence-electron chi connectivity index (χ2n) is 7.33. The Morgan fingerprint density at radius 2 is 1.74 bits per heavy atom. The zero-order valence-corrected chi connectivity index (χ0v) is 16.4. The Morgan fingerprint density at radius 1 is 1.09 bits per heavy atom. The lowest BCUT2D eigenvalue weighted by atomic mass is 9.58. The molecule has 0 radical (unpaired) electrons. The van der Waals surface area contributed by atoms with Gasteiger partial charge in [-0.25, -0.2) is 0 Å². The Kier molecular flexibility index (Phi) is 6.44. The van der Waals surface area contributed by atoms with Crippen molar-refractivity contribution in [2.24, 2.45) is 5.92 Å². The van der Waals surface area contributed by atoms with E-state index < -0.39 is 0 Å². The van der Waals surface area contributed by atoms with E-state index in [4.69, 9.17) is 27.9 Å². The molecule has 2 rings (SSSR count). The van der Waals surface area contributed by atoms with E-state index in [1.807, 2.05) is 13.2 Å². The topological polar surface area (TPSA) is 9.23 Å². The minimum Gasteiger partial charge on any atom is -0.379 e. The van der Waals surface area contributed by atoms with E-state index in [1.54, 1.807) is 0 Å². The monoisotopic (exact) mass is 356 g/mol. The van der Waals surface area contributed by atoms with Crippen molar-refractivity contribution < 1.29 is 4.74 Å². The predicted octanol–water partition coefficient (Wildman–Crippen LogP) is 7.04. The van der Waals surface area contributed by atoms with E-state index in [9.17, 15) is 0 Å². The fourth-order valence-corrected chi connectivity index (χ4v) is 4.69. The van der Waals surface area contributed by atoms with Crippen molar-refractivity contribution in [3.63, 3.8) is 0 Å². The van der Waals surface area contributed by atoms with Gasteiger partial charge in [-0.3, -0.25) is 0 Å². The Morgan fingerprint density at radius 3 is 2.22 bits per heavy atom. The molecular formula is C20H30Cl2O. The highest BCUT2D eigenvalue weighted by Crippen LogP contribution is 2.51. The first-order valence-corrected chi connectivity index (χ1v) is 9.67. The lowest BCUT2D eigenvalue weighted by Gasteiger charge is -2.49. The summed E-state index contributed by atoms with van der Waals surface area (Å²) in [6.45, 7) is 6.85. The third-order valence-corrected chi connectivity index (χ3v) is 6.84. The molecule has 1 aromatic carbocycles. The summed E-state index contributed by atoms with van der Waals surface area (Å²) in [6.07, 6.45) is 8.22. The van der Waals surface area contributed by atoms with Crippen molar-refractivity contribution in [1.29, 1.82) is 0 Å². The molecule has 0 aliphatic heterocycles. The molecule has 0 bridgehead atoms. The van der Waals surface area contributed by atoms with Crippen molar-refractivity contribution in [2.45, 2.75) is 76.7 Å². The third kappa shape index (κ3) is 3.89. The van der Waals surface area contributed by atoms with Gasteiger partial charge in [0.2, 0.25) is 0 Å². The van der Waals surface area contributed by atoms with Crippen molar-refractivity contribution in [2.75, 3.05) is 7.11 Å². The van der Waals surface area contributed by atoms with Crippen LogP contribution in [-0.4, -0.2) is 12.7 Å². The molecule has 0 heterocycles. The van der Waals surface area contributed by atoms with Crippen molar-refractivity contribution >= 4 is 23.2 Å². The van der Waals surface area contributed by atoms with Crippen molar-refractivity contribution in [1.82, 2.24) is 0 Å².